The van der Waals surface area contributed by atoms with Crippen LogP contribution >= 0.6 is 0 Å². The molecule has 1 aromatic heterocycles. The van der Waals surface area contributed by atoms with E-state index in [1.54, 1.807) is 19.3 Å². The number of aromatic nitrogens is 1. The summed E-state index contributed by atoms with van der Waals surface area (Å²) in [7, 11) is 1.58. The van der Waals surface area contributed by atoms with Gasteiger partial charge in [0.2, 0.25) is 5.91 Å². The highest BCUT2D eigenvalue weighted by Crippen LogP contribution is 2.33. The van der Waals surface area contributed by atoms with Gasteiger partial charge in [0, 0.05) is 6.08 Å². The molecule has 7 nitrogen and oxygen atoms in total. The molecule has 0 unspecified atom stereocenters. The first-order valence-electron chi connectivity index (χ1n) is 8.55. The van der Waals surface area contributed by atoms with Crippen LogP contribution in [0.3, 0.4) is 0 Å². The van der Waals surface area contributed by atoms with E-state index in [0.717, 1.165) is 5.56 Å². The number of carboxylic acids is 1. The maximum atomic E-state index is 12.1. The van der Waals surface area contributed by atoms with Gasteiger partial charge in [0.25, 0.3) is 0 Å². The fraction of sp³-hybridized carbons (Fsp3) is 0.250. The van der Waals surface area contributed by atoms with Gasteiger partial charge in [0.05, 0.1) is 13.7 Å². The molecule has 0 aliphatic heterocycles. The van der Waals surface area contributed by atoms with Crippen molar-refractivity contribution in [1.82, 2.24) is 4.98 Å². The Balaban J connectivity index is 1.65. The topological polar surface area (TPSA) is 97.8 Å². The number of aromatic carboxylic acids is 1. The van der Waals surface area contributed by atoms with E-state index in [0.29, 0.717) is 24.0 Å². The van der Waals surface area contributed by atoms with Gasteiger partial charge in [0.1, 0.15) is 5.82 Å². The molecule has 3 rings (SSSR count). The minimum atomic E-state index is -1.15. The predicted octanol–water partition coefficient (Wildman–Crippen LogP) is 3.23. The van der Waals surface area contributed by atoms with E-state index in [1.807, 2.05) is 12.1 Å². The van der Waals surface area contributed by atoms with E-state index in [2.05, 4.69) is 10.3 Å². The largest absolute Gasteiger partial charge is 0.493 e. The van der Waals surface area contributed by atoms with Crippen molar-refractivity contribution in [3.05, 3.63) is 53.7 Å². The highest BCUT2D eigenvalue weighted by atomic mass is 16.5. The fourth-order valence-corrected chi connectivity index (χ4v) is 2.37. The Morgan fingerprint density at radius 3 is 2.78 bits per heavy atom. The van der Waals surface area contributed by atoms with E-state index in [4.69, 9.17) is 14.6 Å². The monoisotopic (exact) mass is 368 g/mol. The molecule has 27 heavy (non-hydrogen) atoms. The number of amides is 1. The third-order valence-corrected chi connectivity index (χ3v) is 4.01. The van der Waals surface area contributed by atoms with Gasteiger partial charge in [-0.25, -0.2) is 9.78 Å². The Hall–Kier alpha value is -3.35. The van der Waals surface area contributed by atoms with Crippen molar-refractivity contribution in [2.24, 2.45) is 5.92 Å². The molecule has 1 aliphatic carbocycles. The predicted molar refractivity (Wildman–Crippen MR) is 100 cm³/mol. The molecule has 0 saturated heterocycles. The summed E-state index contributed by atoms with van der Waals surface area (Å²) in [6.45, 7) is 0.662. The smallest absolute Gasteiger partial charge is 0.354 e. The van der Waals surface area contributed by atoms with Crippen LogP contribution in [-0.4, -0.2) is 35.7 Å². The van der Waals surface area contributed by atoms with Crippen molar-refractivity contribution < 1.29 is 24.2 Å². The van der Waals surface area contributed by atoms with Crippen LogP contribution in [-0.2, 0) is 4.79 Å². The van der Waals surface area contributed by atoms with Gasteiger partial charge >= 0.3 is 5.97 Å². The normalized spacial score (nSPS) is 13.4. The van der Waals surface area contributed by atoms with Gasteiger partial charge in [-0.1, -0.05) is 12.1 Å². The first-order chi connectivity index (χ1) is 13.0. The molecule has 0 radical (unpaired) electrons. The van der Waals surface area contributed by atoms with Gasteiger partial charge in [-0.2, -0.15) is 0 Å². The summed E-state index contributed by atoms with van der Waals surface area (Å²) in [6.07, 6.45) is 5.37. The van der Waals surface area contributed by atoms with Crippen LogP contribution in [0.5, 0.6) is 11.5 Å². The SMILES string of the molecule is COc1ccc(C=CC(=O)Nc2cccc(C(=O)O)n2)cc1OCC1CC1. The number of methoxy groups -OCH3 is 1. The van der Waals surface area contributed by atoms with E-state index in [9.17, 15) is 9.59 Å². The third-order valence-electron chi connectivity index (χ3n) is 4.01. The minimum absolute atomic E-state index is 0.135. The average Bonchev–Trinajstić information content (AvgIpc) is 3.49. The summed E-state index contributed by atoms with van der Waals surface area (Å²) in [5.41, 5.74) is 0.647. The van der Waals surface area contributed by atoms with Crippen LogP contribution in [0.25, 0.3) is 6.08 Å². The number of nitrogens with one attached hydrogen (secondary N) is 1. The average molecular weight is 368 g/mol. The van der Waals surface area contributed by atoms with Crippen molar-refractivity contribution in [2.75, 3.05) is 19.0 Å². The number of pyridine rings is 1. The number of carboxylic acid groups (broad SMARTS) is 1. The number of ether oxygens (including phenoxy) is 2. The van der Waals surface area contributed by atoms with Crippen LogP contribution in [0.2, 0.25) is 0 Å². The number of nitrogens with zero attached hydrogens (tertiary/aromatic N) is 1. The number of hydrogen-bond donors (Lipinski definition) is 2. The number of carbonyl (C=O) groups excluding carboxylic acids is 1. The molecule has 1 aliphatic rings. The second-order valence-electron chi connectivity index (χ2n) is 6.20. The molecule has 1 fully saturated rings. The molecule has 140 valence electrons. The van der Waals surface area contributed by atoms with Crippen LogP contribution in [0.4, 0.5) is 5.82 Å². The van der Waals surface area contributed by atoms with Crippen LogP contribution < -0.4 is 14.8 Å². The first-order valence-corrected chi connectivity index (χ1v) is 8.55. The molecule has 7 heteroatoms. The Morgan fingerprint density at radius 2 is 2.07 bits per heavy atom. The van der Waals surface area contributed by atoms with Gasteiger partial charge < -0.3 is 19.9 Å². The molecule has 1 amide bonds. The zero-order chi connectivity index (χ0) is 19.2. The molecule has 0 spiro atoms. The zero-order valence-electron chi connectivity index (χ0n) is 14.8. The van der Waals surface area contributed by atoms with Crippen molar-refractivity contribution in [2.45, 2.75) is 12.8 Å². The van der Waals surface area contributed by atoms with Crippen LogP contribution in [0.1, 0.15) is 28.9 Å². The second-order valence-corrected chi connectivity index (χ2v) is 6.20. The second kappa shape index (κ2) is 8.35. The maximum absolute atomic E-state index is 12.1. The highest BCUT2D eigenvalue weighted by molar-refractivity contribution is 6.01. The fourth-order valence-electron chi connectivity index (χ4n) is 2.37. The first kappa shape index (κ1) is 18.4. The summed E-state index contributed by atoms with van der Waals surface area (Å²) >= 11 is 0. The highest BCUT2D eigenvalue weighted by Gasteiger charge is 2.22. The van der Waals surface area contributed by atoms with E-state index in [1.165, 1.54) is 37.1 Å². The Bertz CT molecular complexity index is 874. The van der Waals surface area contributed by atoms with Gasteiger partial charge in [-0.05, 0) is 54.7 Å². The molecule has 1 aromatic carbocycles. The van der Waals surface area contributed by atoms with E-state index >= 15 is 0 Å². The van der Waals surface area contributed by atoms with Crippen molar-refractivity contribution in [3.63, 3.8) is 0 Å². The summed E-state index contributed by atoms with van der Waals surface area (Å²) in [6, 6.07) is 9.81. The molecule has 2 N–H and O–H groups in total. The molecule has 1 saturated carbocycles. The number of benzene rings is 1. The van der Waals surface area contributed by atoms with Crippen LogP contribution in [0.15, 0.2) is 42.5 Å². The lowest BCUT2D eigenvalue weighted by Crippen LogP contribution is -2.11. The van der Waals surface area contributed by atoms with Gasteiger partial charge in [-0.15, -0.1) is 0 Å². The van der Waals surface area contributed by atoms with E-state index < -0.39 is 11.9 Å². The molecular weight excluding hydrogens is 348 g/mol. The van der Waals surface area contributed by atoms with E-state index in [-0.39, 0.29) is 11.5 Å². The summed E-state index contributed by atoms with van der Waals surface area (Å²) in [5, 5.41) is 11.5. The van der Waals surface area contributed by atoms with Crippen LogP contribution in [0, 0.1) is 5.92 Å². The number of anilines is 1. The Kier molecular flexibility index (Phi) is 5.71. The maximum Gasteiger partial charge on any atom is 0.354 e. The van der Waals surface area contributed by atoms with Crippen molar-refractivity contribution in [1.29, 1.82) is 0 Å². The molecule has 2 aromatic rings. The molecular formula is C20H20N2O5. The molecule has 1 heterocycles. The zero-order valence-corrected chi connectivity index (χ0v) is 14.8. The summed E-state index contributed by atoms with van der Waals surface area (Å²) < 4.78 is 11.1. The quantitative estimate of drug-likeness (QED) is 0.694. The summed E-state index contributed by atoms with van der Waals surface area (Å²) in [5.74, 6) is 0.510. The lowest BCUT2D eigenvalue weighted by atomic mass is 10.2. The summed E-state index contributed by atoms with van der Waals surface area (Å²) in [4.78, 5) is 26.8. The van der Waals surface area contributed by atoms with Crippen molar-refractivity contribution >= 4 is 23.8 Å². The van der Waals surface area contributed by atoms with Gasteiger partial charge in [0.15, 0.2) is 17.2 Å². The molecule has 0 bridgehead atoms. The number of carbonyl (C=O) groups is 2. The lowest BCUT2D eigenvalue weighted by Gasteiger charge is -2.11. The van der Waals surface area contributed by atoms with Gasteiger partial charge in [-0.3, -0.25) is 4.79 Å². The molecule has 0 atom stereocenters. The Morgan fingerprint density at radius 1 is 1.26 bits per heavy atom. The number of rotatable bonds is 8. The minimum Gasteiger partial charge on any atom is -0.493 e. The standard InChI is InChI=1S/C20H20N2O5/c1-26-16-9-7-13(11-17(16)27-12-14-5-6-14)8-10-19(23)22-18-4-2-3-15(21-18)20(24)25/h2-4,7-11,14H,5-6,12H2,1H3,(H,24,25)(H,21,22,23). The van der Waals surface area contributed by atoms with Crippen molar-refractivity contribution in [3.8, 4) is 11.5 Å². The lowest BCUT2D eigenvalue weighted by molar-refractivity contribution is -0.111. The number of hydrogen-bond acceptors (Lipinski definition) is 5. The Labute approximate surface area is 156 Å². The third kappa shape index (κ3) is 5.31.